The highest BCUT2D eigenvalue weighted by atomic mass is 32.2. The number of morpholine rings is 1. The molecule has 2 atom stereocenters. The molecule has 120 valence electrons. The summed E-state index contributed by atoms with van der Waals surface area (Å²) < 4.78 is 5.20. The van der Waals surface area contributed by atoms with E-state index in [0.29, 0.717) is 18.8 Å². The molecule has 1 fully saturated rings. The first-order chi connectivity index (χ1) is 10.0. The molecule has 21 heavy (non-hydrogen) atoms. The highest BCUT2D eigenvalue weighted by molar-refractivity contribution is 7.98. The lowest BCUT2D eigenvalue weighted by atomic mass is 10.2. The van der Waals surface area contributed by atoms with E-state index in [1.54, 1.807) is 0 Å². The molecule has 0 radical (unpaired) electrons. The average molecular weight is 319 g/mol. The van der Waals surface area contributed by atoms with Crippen LogP contribution in [0.4, 0.5) is 4.79 Å². The first-order valence-electron chi connectivity index (χ1n) is 6.59. The number of aliphatic carboxylic acids is 1. The zero-order valence-electron chi connectivity index (χ0n) is 12.1. The molecule has 2 unspecified atom stereocenters. The highest BCUT2D eigenvalue weighted by Gasteiger charge is 2.34. The van der Waals surface area contributed by atoms with Crippen LogP contribution in [0.5, 0.6) is 0 Å². The minimum atomic E-state index is -1.08. The molecule has 9 heteroatoms. The summed E-state index contributed by atoms with van der Waals surface area (Å²) in [6.45, 7) is 0.678. The Hall–Kier alpha value is -1.48. The van der Waals surface area contributed by atoms with E-state index in [2.05, 4.69) is 10.6 Å². The minimum absolute atomic E-state index is 0.107. The first kappa shape index (κ1) is 17.6. The number of urea groups is 1. The summed E-state index contributed by atoms with van der Waals surface area (Å²) >= 11 is 1.51. The van der Waals surface area contributed by atoms with Crippen molar-refractivity contribution in [1.29, 1.82) is 0 Å². The second-order valence-electron chi connectivity index (χ2n) is 4.52. The van der Waals surface area contributed by atoms with Crippen molar-refractivity contribution in [2.75, 3.05) is 38.8 Å². The van der Waals surface area contributed by atoms with Gasteiger partial charge in [0, 0.05) is 13.6 Å². The van der Waals surface area contributed by atoms with Crippen LogP contribution in [0.2, 0.25) is 0 Å². The van der Waals surface area contributed by atoms with Crippen LogP contribution in [-0.4, -0.2) is 78.8 Å². The second-order valence-corrected chi connectivity index (χ2v) is 5.51. The molecule has 1 rings (SSSR count). The van der Waals surface area contributed by atoms with E-state index in [1.807, 2.05) is 6.26 Å². The first-order valence-corrected chi connectivity index (χ1v) is 7.98. The smallest absolute Gasteiger partial charge is 0.326 e. The fourth-order valence-electron chi connectivity index (χ4n) is 1.96. The Morgan fingerprint density at radius 2 is 2.19 bits per heavy atom. The Kier molecular flexibility index (Phi) is 7.30. The van der Waals surface area contributed by atoms with E-state index in [0.717, 1.165) is 0 Å². The van der Waals surface area contributed by atoms with Crippen molar-refractivity contribution >= 4 is 29.7 Å². The lowest BCUT2D eigenvalue weighted by Gasteiger charge is -2.34. The van der Waals surface area contributed by atoms with Crippen LogP contribution in [0.25, 0.3) is 0 Å². The zero-order chi connectivity index (χ0) is 15.8. The summed E-state index contributed by atoms with van der Waals surface area (Å²) in [5.41, 5.74) is 0. The summed E-state index contributed by atoms with van der Waals surface area (Å²) in [5.74, 6) is -0.790. The quantitative estimate of drug-likeness (QED) is 0.600. The lowest BCUT2D eigenvalue weighted by Crippen LogP contribution is -2.59. The van der Waals surface area contributed by atoms with Gasteiger partial charge >= 0.3 is 12.0 Å². The van der Waals surface area contributed by atoms with Gasteiger partial charge in [0.05, 0.1) is 13.2 Å². The van der Waals surface area contributed by atoms with E-state index in [-0.39, 0.29) is 19.1 Å². The van der Waals surface area contributed by atoms with Crippen molar-refractivity contribution in [2.45, 2.75) is 18.5 Å². The Labute approximate surface area is 127 Å². The molecule has 0 aliphatic carbocycles. The topological polar surface area (TPSA) is 108 Å². The normalized spacial score (nSPS) is 19.7. The van der Waals surface area contributed by atoms with E-state index < -0.39 is 24.1 Å². The average Bonchev–Trinajstić information content (AvgIpc) is 2.50. The van der Waals surface area contributed by atoms with Gasteiger partial charge in [-0.1, -0.05) is 0 Å². The van der Waals surface area contributed by atoms with Gasteiger partial charge in [-0.05, 0) is 18.4 Å². The third kappa shape index (κ3) is 5.09. The number of carboxylic acids is 1. The van der Waals surface area contributed by atoms with Crippen LogP contribution in [0, 0.1) is 0 Å². The Bertz CT molecular complexity index is 393. The predicted molar refractivity (Wildman–Crippen MR) is 78.3 cm³/mol. The van der Waals surface area contributed by atoms with Gasteiger partial charge in [0.25, 0.3) is 0 Å². The van der Waals surface area contributed by atoms with E-state index in [1.165, 1.54) is 23.7 Å². The fourth-order valence-corrected chi connectivity index (χ4v) is 2.43. The molecular weight excluding hydrogens is 298 g/mol. The van der Waals surface area contributed by atoms with Crippen LogP contribution in [0.3, 0.4) is 0 Å². The van der Waals surface area contributed by atoms with Gasteiger partial charge in [-0.15, -0.1) is 0 Å². The van der Waals surface area contributed by atoms with Gasteiger partial charge in [0.15, 0.2) is 0 Å². The third-order valence-corrected chi connectivity index (χ3v) is 3.79. The lowest BCUT2D eigenvalue weighted by molar-refractivity contribution is -0.139. The van der Waals surface area contributed by atoms with Gasteiger partial charge in [0.2, 0.25) is 5.91 Å². The molecular formula is C12H21N3O5S. The third-order valence-electron chi connectivity index (χ3n) is 3.14. The number of likely N-dealkylation sites (N-methyl/N-ethyl adjacent to an activating group) is 1. The minimum Gasteiger partial charge on any atom is -0.480 e. The van der Waals surface area contributed by atoms with Crippen molar-refractivity contribution in [2.24, 2.45) is 0 Å². The zero-order valence-corrected chi connectivity index (χ0v) is 12.9. The number of carbonyl (C=O) groups is 3. The number of hydrogen-bond acceptors (Lipinski definition) is 5. The van der Waals surface area contributed by atoms with Gasteiger partial charge in [-0.2, -0.15) is 11.8 Å². The van der Waals surface area contributed by atoms with Crippen LogP contribution >= 0.6 is 11.8 Å². The number of hydrogen-bond donors (Lipinski definition) is 3. The molecule has 0 bridgehead atoms. The molecule has 3 N–H and O–H groups in total. The number of carbonyl (C=O) groups excluding carboxylic acids is 2. The molecule has 0 saturated carbocycles. The summed E-state index contributed by atoms with van der Waals surface area (Å²) in [4.78, 5) is 36.4. The molecule has 1 aliphatic rings. The molecule has 3 amide bonds. The monoisotopic (exact) mass is 319 g/mol. The van der Waals surface area contributed by atoms with Crippen LogP contribution < -0.4 is 10.6 Å². The van der Waals surface area contributed by atoms with Crippen molar-refractivity contribution in [3.05, 3.63) is 0 Å². The van der Waals surface area contributed by atoms with Crippen molar-refractivity contribution in [3.8, 4) is 0 Å². The van der Waals surface area contributed by atoms with E-state index >= 15 is 0 Å². The maximum Gasteiger partial charge on any atom is 0.326 e. The largest absolute Gasteiger partial charge is 0.480 e. The molecule has 0 aromatic rings. The second kappa shape index (κ2) is 8.73. The number of thioether (sulfide) groups is 1. The van der Waals surface area contributed by atoms with Gasteiger partial charge in [0.1, 0.15) is 12.1 Å². The SMILES string of the molecule is CNC(=O)C1COCCN1C(=O)NC(CCSC)C(=O)O. The number of carboxylic acid groups (broad SMARTS) is 1. The van der Waals surface area contributed by atoms with Crippen LogP contribution in [-0.2, 0) is 14.3 Å². The maximum absolute atomic E-state index is 12.2. The summed E-state index contributed by atoms with van der Waals surface area (Å²) in [6, 6.07) is -2.25. The highest BCUT2D eigenvalue weighted by Crippen LogP contribution is 2.09. The molecule has 1 aliphatic heterocycles. The van der Waals surface area contributed by atoms with Crippen molar-refractivity contribution < 1.29 is 24.2 Å². The number of amides is 3. The van der Waals surface area contributed by atoms with Crippen LogP contribution in [0.15, 0.2) is 0 Å². The number of rotatable bonds is 6. The Morgan fingerprint density at radius 1 is 1.48 bits per heavy atom. The van der Waals surface area contributed by atoms with E-state index in [9.17, 15) is 14.4 Å². The Morgan fingerprint density at radius 3 is 2.76 bits per heavy atom. The number of nitrogens with one attached hydrogen (secondary N) is 2. The maximum atomic E-state index is 12.2. The standard InChI is InChI=1S/C12H21N3O5S/c1-13-10(16)9-7-20-5-4-15(9)12(19)14-8(11(17)18)3-6-21-2/h8-9H,3-7H2,1-2H3,(H,13,16)(H,14,19)(H,17,18). The number of ether oxygens (including phenoxy) is 1. The van der Waals surface area contributed by atoms with Gasteiger partial charge in [-0.3, -0.25) is 4.79 Å². The summed E-state index contributed by atoms with van der Waals surface area (Å²) in [7, 11) is 1.48. The van der Waals surface area contributed by atoms with Crippen molar-refractivity contribution in [3.63, 3.8) is 0 Å². The molecule has 8 nitrogen and oxygen atoms in total. The Balaban J connectivity index is 2.69. The van der Waals surface area contributed by atoms with E-state index in [4.69, 9.17) is 9.84 Å². The molecule has 1 heterocycles. The molecule has 0 aromatic carbocycles. The molecule has 0 aromatic heterocycles. The fraction of sp³-hybridized carbons (Fsp3) is 0.750. The molecule has 0 spiro atoms. The van der Waals surface area contributed by atoms with Gasteiger partial charge in [-0.25, -0.2) is 9.59 Å². The number of nitrogens with zero attached hydrogens (tertiary/aromatic N) is 1. The summed E-state index contributed by atoms with van der Waals surface area (Å²) in [6.07, 6.45) is 2.20. The van der Waals surface area contributed by atoms with Crippen molar-refractivity contribution in [1.82, 2.24) is 15.5 Å². The van der Waals surface area contributed by atoms with Gasteiger partial charge < -0.3 is 25.4 Å². The predicted octanol–water partition coefficient (Wildman–Crippen LogP) is -0.651. The summed E-state index contributed by atoms with van der Waals surface area (Å²) in [5, 5.41) is 14.1. The molecule has 1 saturated heterocycles. The van der Waals surface area contributed by atoms with Crippen LogP contribution in [0.1, 0.15) is 6.42 Å².